The van der Waals surface area contributed by atoms with E-state index in [4.69, 9.17) is 33.5 Å². The number of hydrogen-bond donors (Lipinski definition) is 4. The van der Waals surface area contributed by atoms with Crippen molar-refractivity contribution in [2.45, 2.75) is 11.9 Å². The Morgan fingerprint density at radius 1 is 0.759 bits per heavy atom. The molecule has 0 radical (unpaired) electrons. The second kappa shape index (κ2) is 18.6. The fourth-order valence-electron chi connectivity index (χ4n) is 5.75. The smallest absolute Gasteiger partial charge is 0.324 e. The van der Waals surface area contributed by atoms with Gasteiger partial charge in [0.1, 0.15) is 29.7 Å². The van der Waals surface area contributed by atoms with E-state index >= 15 is 0 Å². The molecule has 15 heteroatoms. The van der Waals surface area contributed by atoms with Gasteiger partial charge in [-0.2, -0.15) is 10.1 Å². The molecule has 2 amide bonds. The van der Waals surface area contributed by atoms with Crippen molar-refractivity contribution in [3.63, 3.8) is 0 Å². The van der Waals surface area contributed by atoms with Gasteiger partial charge >= 0.3 is 6.03 Å². The molecule has 308 valence electrons. The van der Waals surface area contributed by atoms with Gasteiger partial charge in [0.05, 0.1) is 56.5 Å². The molecule has 58 heavy (non-hydrogen) atoms. The summed E-state index contributed by atoms with van der Waals surface area (Å²) < 4.78 is 35.5. The van der Waals surface area contributed by atoms with Gasteiger partial charge in [-0.25, -0.2) is 14.5 Å². The molecule has 4 aromatic carbocycles. The minimum atomic E-state index is -2.26. The SMILES string of the molecule is COCCOCCOCCOc1cc(Nc2nccc(Oc3ccc(NC(=O)Nc4cc([SH](C)(C)(C)C)nn4-c4ccc(C)cc4)c4ccccc34)n2)cc(OC)c1. The number of nitrogens with zero attached hydrogens (tertiary/aromatic N) is 4. The number of amides is 2. The molecule has 0 aliphatic rings. The lowest BCUT2D eigenvalue weighted by Crippen LogP contribution is -2.21. The Balaban J connectivity index is 1.13. The summed E-state index contributed by atoms with van der Waals surface area (Å²) in [4.78, 5) is 22.6. The fourth-order valence-corrected chi connectivity index (χ4v) is 6.83. The predicted molar refractivity (Wildman–Crippen MR) is 233 cm³/mol. The molecule has 0 aliphatic heterocycles. The lowest BCUT2D eigenvalue weighted by atomic mass is 10.1. The number of rotatable bonds is 19. The highest BCUT2D eigenvalue weighted by Crippen LogP contribution is 2.63. The van der Waals surface area contributed by atoms with Crippen molar-refractivity contribution in [3.8, 4) is 28.8 Å². The van der Waals surface area contributed by atoms with Crippen molar-refractivity contribution >= 4 is 49.1 Å². The molecule has 2 heterocycles. The Morgan fingerprint density at radius 3 is 2.19 bits per heavy atom. The van der Waals surface area contributed by atoms with Crippen LogP contribution in [0.2, 0.25) is 0 Å². The van der Waals surface area contributed by atoms with E-state index in [2.05, 4.69) is 50.9 Å². The Hall–Kier alpha value is -5.87. The van der Waals surface area contributed by atoms with Crippen LogP contribution in [0.4, 0.5) is 27.9 Å². The number of anilines is 4. The average Bonchev–Trinajstić information content (AvgIpc) is 3.63. The molecule has 0 saturated carbocycles. The third kappa shape index (κ3) is 11.4. The number of aryl methyl sites for hydroxylation is 1. The van der Waals surface area contributed by atoms with Crippen LogP contribution >= 0.6 is 9.16 Å². The van der Waals surface area contributed by atoms with E-state index in [1.807, 2.05) is 79.7 Å². The number of fused-ring (bicyclic) bond motifs is 1. The van der Waals surface area contributed by atoms with Crippen LogP contribution in [0.15, 0.2) is 102 Å². The normalized spacial score (nSPS) is 12.1. The van der Waals surface area contributed by atoms with Gasteiger partial charge in [-0.3, -0.25) is 14.5 Å². The molecule has 6 rings (SSSR count). The van der Waals surface area contributed by atoms with Crippen molar-refractivity contribution in [2.75, 3.05) is 94.8 Å². The molecule has 0 aliphatic carbocycles. The first kappa shape index (κ1) is 41.8. The van der Waals surface area contributed by atoms with Crippen LogP contribution in [0, 0.1) is 6.92 Å². The molecule has 0 fully saturated rings. The predicted octanol–water partition coefficient (Wildman–Crippen LogP) is 8.32. The number of ether oxygens (including phenoxy) is 6. The first-order valence-electron chi connectivity index (χ1n) is 18.9. The van der Waals surface area contributed by atoms with Gasteiger partial charge < -0.3 is 39.1 Å². The van der Waals surface area contributed by atoms with E-state index < -0.39 is 15.2 Å². The van der Waals surface area contributed by atoms with Crippen molar-refractivity contribution in [3.05, 3.63) is 103 Å². The lowest BCUT2D eigenvalue weighted by Gasteiger charge is -2.44. The first-order chi connectivity index (χ1) is 27.8. The summed E-state index contributed by atoms with van der Waals surface area (Å²) in [5.74, 6) is 2.94. The zero-order valence-corrected chi connectivity index (χ0v) is 35.0. The summed E-state index contributed by atoms with van der Waals surface area (Å²) in [6.45, 7) is 4.81. The summed E-state index contributed by atoms with van der Waals surface area (Å²) in [5, 5.41) is 16.8. The Morgan fingerprint density at radius 2 is 1.47 bits per heavy atom. The van der Waals surface area contributed by atoms with Crippen LogP contribution in [0.5, 0.6) is 23.1 Å². The topological polar surface area (TPSA) is 152 Å². The summed E-state index contributed by atoms with van der Waals surface area (Å²) >= 11 is 0. The number of benzene rings is 4. The Bertz CT molecular complexity index is 2320. The van der Waals surface area contributed by atoms with Gasteiger partial charge in [-0.05, 0) is 56.2 Å². The third-order valence-corrected chi connectivity index (χ3v) is 10.8. The van der Waals surface area contributed by atoms with Crippen LogP contribution in [0.25, 0.3) is 16.5 Å². The number of nitrogens with one attached hydrogen (secondary N) is 3. The standard InChI is InChI=1S/C43H53N7O7S/c1-30-12-14-32(15-13-30)50-39(29-41(49-50)58(4,5,6)7)47-43(51)46-37-16-17-38(36-11-9-8-10-35(36)37)57-40-18-19-44-42(48-40)45-31-26-33(53-3)28-34(27-31)56-25-24-55-23-22-54-21-20-52-2/h8-19,26-29,58H,20-25H2,1-7H3,(H,44,45,48)(H2,46,47,51). The Labute approximate surface area is 339 Å². The number of thiol groups is 1. The number of urea groups is 1. The Kier molecular flexibility index (Phi) is 13.4. The molecular weight excluding hydrogens is 759 g/mol. The zero-order valence-electron chi connectivity index (χ0n) is 34.1. The first-order valence-corrected chi connectivity index (χ1v) is 22.9. The maximum Gasteiger partial charge on any atom is 0.324 e. The van der Waals surface area contributed by atoms with Crippen molar-refractivity contribution in [2.24, 2.45) is 0 Å². The van der Waals surface area contributed by atoms with Gasteiger partial charge in [0.15, 0.2) is 0 Å². The second-order valence-electron chi connectivity index (χ2n) is 15.4. The molecule has 0 spiro atoms. The molecule has 0 unspecified atom stereocenters. The van der Waals surface area contributed by atoms with E-state index in [-0.39, 0.29) is 0 Å². The number of methoxy groups -OCH3 is 2. The summed E-state index contributed by atoms with van der Waals surface area (Å²) in [7, 11) is 0.965. The van der Waals surface area contributed by atoms with E-state index in [0.29, 0.717) is 85.9 Å². The quantitative estimate of drug-likeness (QED) is 0.0462. The summed E-state index contributed by atoms with van der Waals surface area (Å²) in [6.07, 6.45) is 10.6. The van der Waals surface area contributed by atoms with Crippen LogP contribution in [0.3, 0.4) is 0 Å². The van der Waals surface area contributed by atoms with E-state index in [1.54, 1.807) is 43.3 Å². The van der Waals surface area contributed by atoms with Crippen LogP contribution < -0.4 is 30.2 Å². The molecule has 0 atom stereocenters. The third-order valence-electron chi connectivity index (χ3n) is 8.78. The molecule has 2 aromatic heterocycles. The van der Waals surface area contributed by atoms with Gasteiger partial charge in [-0.1, -0.05) is 42.0 Å². The maximum absolute atomic E-state index is 13.6. The maximum atomic E-state index is 13.6. The monoisotopic (exact) mass is 811 g/mol. The minimum Gasteiger partial charge on any atom is -0.497 e. The fraction of sp³-hybridized carbons (Fsp3) is 0.302. The zero-order chi connectivity index (χ0) is 41.1. The highest BCUT2D eigenvalue weighted by molar-refractivity contribution is 8.47. The summed E-state index contributed by atoms with van der Waals surface area (Å²) in [6, 6.07) is 28.0. The lowest BCUT2D eigenvalue weighted by molar-refractivity contribution is 0.0179. The number of aromatic nitrogens is 4. The summed E-state index contributed by atoms with van der Waals surface area (Å²) in [5.41, 5.74) is 3.27. The number of hydrogen-bond acceptors (Lipinski definition) is 11. The minimum absolute atomic E-state index is 0.309. The van der Waals surface area contributed by atoms with Gasteiger partial charge in [0.25, 0.3) is 0 Å². The number of carbonyl (C=O) groups is 1. The van der Waals surface area contributed by atoms with Gasteiger partial charge in [-0.15, -0.1) is 0 Å². The van der Waals surface area contributed by atoms with Crippen molar-refractivity contribution < 1.29 is 33.2 Å². The molecule has 0 bridgehead atoms. The average molecular weight is 812 g/mol. The van der Waals surface area contributed by atoms with Gasteiger partial charge in [0.2, 0.25) is 11.8 Å². The molecule has 14 nitrogen and oxygen atoms in total. The van der Waals surface area contributed by atoms with Crippen LogP contribution in [-0.4, -0.2) is 105 Å². The van der Waals surface area contributed by atoms with Crippen molar-refractivity contribution in [1.82, 2.24) is 19.7 Å². The van der Waals surface area contributed by atoms with Gasteiger partial charge in [0, 0.05) is 60.1 Å². The van der Waals surface area contributed by atoms with Crippen molar-refractivity contribution in [1.29, 1.82) is 0 Å². The highest BCUT2D eigenvalue weighted by Gasteiger charge is 2.27. The van der Waals surface area contributed by atoms with Crippen LogP contribution in [-0.2, 0) is 14.2 Å². The van der Waals surface area contributed by atoms with E-state index in [0.717, 1.165) is 27.0 Å². The van der Waals surface area contributed by atoms with E-state index in [9.17, 15) is 4.79 Å². The molecular formula is C43H53N7O7S. The largest absolute Gasteiger partial charge is 0.497 e. The molecule has 6 aromatic rings. The molecule has 0 saturated heterocycles. The van der Waals surface area contributed by atoms with Crippen LogP contribution in [0.1, 0.15) is 5.56 Å². The highest BCUT2D eigenvalue weighted by atomic mass is 32.3. The second-order valence-corrected chi connectivity index (χ2v) is 23.0. The van der Waals surface area contributed by atoms with E-state index in [1.165, 1.54) is 0 Å². The molecule has 3 N–H and O–H groups in total. The number of carbonyl (C=O) groups excluding carboxylic acids is 1.